The molecule has 2 aromatic carbocycles. The Labute approximate surface area is 120 Å². The molecular formula is C15H14N2O2S. The van der Waals surface area contributed by atoms with Crippen molar-refractivity contribution in [2.75, 3.05) is 5.73 Å². The van der Waals surface area contributed by atoms with Gasteiger partial charge in [-0.05, 0) is 25.1 Å². The number of thiazole rings is 1. The van der Waals surface area contributed by atoms with E-state index in [1.54, 1.807) is 18.2 Å². The van der Waals surface area contributed by atoms with E-state index in [9.17, 15) is 4.79 Å². The van der Waals surface area contributed by atoms with E-state index in [1.807, 2.05) is 31.2 Å². The van der Waals surface area contributed by atoms with E-state index < -0.39 is 0 Å². The highest BCUT2D eigenvalue weighted by atomic mass is 32.1. The molecule has 4 nitrogen and oxygen atoms in total. The van der Waals surface area contributed by atoms with Gasteiger partial charge in [0.1, 0.15) is 12.0 Å². The number of benzene rings is 2. The number of anilines is 1. The van der Waals surface area contributed by atoms with Crippen LogP contribution in [0, 0.1) is 6.92 Å². The summed E-state index contributed by atoms with van der Waals surface area (Å²) < 4.78 is 0.919. The van der Waals surface area contributed by atoms with Gasteiger partial charge < -0.3 is 10.8 Å². The number of hydrogen-bond donors (Lipinski definition) is 2. The van der Waals surface area contributed by atoms with Crippen LogP contribution < -0.4 is 5.73 Å². The molecular weight excluding hydrogens is 272 g/mol. The average molecular weight is 286 g/mol. The quantitative estimate of drug-likeness (QED) is 0.672. The second kappa shape index (κ2) is 6.16. The van der Waals surface area contributed by atoms with Crippen LogP contribution in [0.1, 0.15) is 15.9 Å². The summed E-state index contributed by atoms with van der Waals surface area (Å²) in [4.78, 5) is 14.2. The number of fused-ring (bicyclic) bond motifs is 1. The van der Waals surface area contributed by atoms with E-state index in [4.69, 9.17) is 10.8 Å². The van der Waals surface area contributed by atoms with Gasteiger partial charge in [-0.25, -0.2) is 4.98 Å². The molecule has 0 fully saturated rings. The normalized spacial score (nSPS) is 9.85. The van der Waals surface area contributed by atoms with Gasteiger partial charge in [0.2, 0.25) is 0 Å². The Morgan fingerprint density at radius 2 is 1.90 bits per heavy atom. The van der Waals surface area contributed by atoms with Crippen LogP contribution in [0.15, 0.2) is 42.5 Å². The first kappa shape index (κ1) is 14.0. The van der Waals surface area contributed by atoms with E-state index in [0.717, 1.165) is 22.1 Å². The van der Waals surface area contributed by atoms with Crippen molar-refractivity contribution in [3.63, 3.8) is 0 Å². The van der Waals surface area contributed by atoms with Crippen molar-refractivity contribution in [2.45, 2.75) is 6.92 Å². The number of nitrogen functional groups attached to an aromatic ring is 1. The minimum atomic E-state index is 0.251. The van der Waals surface area contributed by atoms with Crippen molar-refractivity contribution in [1.29, 1.82) is 0 Å². The molecule has 0 radical (unpaired) electrons. The summed E-state index contributed by atoms with van der Waals surface area (Å²) in [5.74, 6) is 0.251. The number of hydrogen-bond acceptors (Lipinski definition) is 5. The van der Waals surface area contributed by atoms with Crippen molar-refractivity contribution < 1.29 is 9.90 Å². The highest BCUT2D eigenvalue weighted by Crippen LogP contribution is 2.26. The number of nitrogens with zero attached hydrogens (tertiary/aromatic N) is 1. The number of nitrogens with two attached hydrogens (primary N) is 1. The Kier molecular flexibility index (Phi) is 4.32. The number of aromatic hydroxyl groups is 1. The van der Waals surface area contributed by atoms with E-state index in [1.165, 1.54) is 16.9 Å². The molecule has 0 amide bonds. The molecule has 0 saturated heterocycles. The number of phenols is 1. The maximum atomic E-state index is 10.1. The van der Waals surface area contributed by atoms with Crippen molar-refractivity contribution in [3.05, 3.63) is 53.6 Å². The molecule has 20 heavy (non-hydrogen) atoms. The van der Waals surface area contributed by atoms with Crippen molar-refractivity contribution >= 4 is 33.0 Å². The van der Waals surface area contributed by atoms with Crippen LogP contribution >= 0.6 is 11.3 Å². The van der Waals surface area contributed by atoms with Gasteiger partial charge in [-0.1, -0.05) is 41.2 Å². The molecule has 0 aliphatic rings. The van der Waals surface area contributed by atoms with E-state index in [2.05, 4.69) is 4.98 Å². The van der Waals surface area contributed by atoms with Gasteiger partial charge in [0.25, 0.3) is 0 Å². The molecule has 102 valence electrons. The number of carbonyl (C=O) groups is 1. The molecule has 0 atom stereocenters. The highest BCUT2D eigenvalue weighted by Gasteiger charge is 1.99. The van der Waals surface area contributed by atoms with Gasteiger partial charge in [-0.15, -0.1) is 0 Å². The second-order valence-electron chi connectivity index (χ2n) is 4.23. The molecule has 0 bridgehead atoms. The van der Waals surface area contributed by atoms with Crippen LogP contribution in [0.3, 0.4) is 0 Å². The van der Waals surface area contributed by atoms with E-state index >= 15 is 0 Å². The van der Waals surface area contributed by atoms with Crippen LogP contribution in [-0.4, -0.2) is 16.4 Å². The molecule has 3 N–H and O–H groups in total. The zero-order valence-corrected chi connectivity index (χ0v) is 11.7. The van der Waals surface area contributed by atoms with Crippen LogP contribution in [0.4, 0.5) is 5.13 Å². The monoisotopic (exact) mass is 286 g/mol. The lowest BCUT2D eigenvalue weighted by Gasteiger charge is -1.89. The molecule has 5 heteroatoms. The number of rotatable bonds is 1. The molecule has 0 aliphatic carbocycles. The van der Waals surface area contributed by atoms with E-state index in [-0.39, 0.29) is 5.75 Å². The summed E-state index contributed by atoms with van der Waals surface area (Å²) in [5.41, 5.74) is 8.22. The standard InChI is InChI=1S/C8H8O.C7H6N2OS/c1-7-2-4-8(6-9)5-3-7;8-7-9-5-2-1-4(10)3-6(5)11-7/h2-6H,1H3;1-3,10H,(H2,8,9). The number of phenolic OH excluding ortho intramolecular Hbond substituents is 1. The summed E-state index contributed by atoms with van der Waals surface area (Å²) in [5, 5.41) is 9.61. The molecule has 0 spiro atoms. The predicted octanol–water partition coefficient (Wildman–Crippen LogP) is 3.39. The molecule has 0 aliphatic heterocycles. The minimum absolute atomic E-state index is 0.251. The highest BCUT2D eigenvalue weighted by molar-refractivity contribution is 7.22. The first-order chi connectivity index (χ1) is 9.58. The molecule has 1 aromatic heterocycles. The van der Waals surface area contributed by atoms with Gasteiger partial charge in [0.15, 0.2) is 5.13 Å². The lowest BCUT2D eigenvalue weighted by atomic mass is 10.2. The summed E-state index contributed by atoms with van der Waals surface area (Å²) in [6, 6.07) is 12.5. The second-order valence-corrected chi connectivity index (χ2v) is 5.29. The number of aldehydes is 1. The maximum absolute atomic E-state index is 10.1. The lowest BCUT2D eigenvalue weighted by molar-refractivity contribution is 0.112. The van der Waals surface area contributed by atoms with Crippen LogP contribution in [0.2, 0.25) is 0 Å². The van der Waals surface area contributed by atoms with Crippen molar-refractivity contribution in [2.24, 2.45) is 0 Å². The smallest absolute Gasteiger partial charge is 0.181 e. The zero-order chi connectivity index (χ0) is 14.5. The fraction of sp³-hybridized carbons (Fsp3) is 0.0667. The number of aromatic nitrogens is 1. The molecule has 0 unspecified atom stereocenters. The summed E-state index contributed by atoms with van der Waals surface area (Å²) in [6.45, 7) is 1.99. The SMILES string of the molecule is Cc1ccc(C=O)cc1.Nc1nc2ccc(O)cc2s1. The molecule has 3 rings (SSSR count). The Morgan fingerprint density at radius 3 is 2.55 bits per heavy atom. The zero-order valence-electron chi connectivity index (χ0n) is 10.9. The van der Waals surface area contributed by atoms with Gasteiger partial charge in [-0.3, -0.25) is 4.79 Å². The number of aryl methyl sites for hydroxylation is 1. The molecule has 1 heterocycles. The van der Waals surface area contributed by atoms with Crippen LogP contribution in [0.25, 0.3) is 10.2 Å². The van der Waals surface area contributed by atoms with E-state index in [0.29, 0.717) is 5.13 Å². The van der Waals surface area contributed by atoms with Crippen LogP contribution in [-0.2, 0) is 0 Å². The first-order valence-electron chi connectivity index (χ1n) is 5.95. The van der Waals surface area contributed by atoms with Crippen molar-refractivity contribution in [1.82, 2.24) is 4.98 Å². The predicted molar refractivity (Wildman–Crippen MR) is 82.3 cm³/mol. The Hall–Kier alpha value is -2.40. The van der Waals surface area contributed by atoms with Gasteiger partial charge >= 0.3 is 0 Å². The maximum Gasteiger partial charge on any atom is 0.181 e. The minimum Gasteiger partial charge on any atom is -0.508 e. The first-order valence-corrected chi connectivity index (χ1v) is 6.77. The lowest BCUT2D eigenvalue weighted by Crippen LogP contribution is -1.78. The number of carbonyl (C=O) groups excluding carboxylic acids is 1. The average Bonchev–Trinajstić information content (AvgIpc) is 2.79. The fourth-order valence-corrected chi connectivity index (χ4v) is 2.34. The fourth-order valence-electron chi connectivity index (χ4n) is 1.58. The topological polar surface area (TPSA) is 76.2 Å². The largest absolute Gasteiger partial charge is 0.508 e. The van der Waals surface area contributed by atoms with Crippen molar-refractivity contribution in [3.8, 4) is 5.75 Å². The van der Waals surface area contributed by atoms with Gasteiger partial charge in [0.05, 0.1) is 10.2 Å². The third kappa shape index (κ3) is 3.55. The summed E-state index contributed by atoms with van der Waals surface area (Å²) in [6.07, 6.45) is 0.847. The Morgan fingerprint density at radius 1 is 1.20 bits per heavy atom. The Bertz CT molecular complexity index is 720. The molecule has 0 saturated carbocycles. The molecule has 3 aromatic rings. The van der Waals surface area contributed by atoms with Gasteiger partial charge in [-0.2, -0.15) is 0 Å². The summed E-state index contributed by atoms with van der Waals surface area (Å²) in [7, 11) is 0. The third-order valence-corrected chi connectivity index (χ3v) is 3.45. The Balaban J connectivity index is 0.000000151. The van der Waals surface area contributed by atoms with Gasteiger partial charge in [0, 0.05) is 5.56 Å². The third-order valence-electron chi connectivity index (χ3n) is 2.60. The summed E-state index contributed by atoms with van der Waals surface area (Å²) >= 11 is 1.37. The van der Waals surface area contributed by atoms with Crippen LogP contribution in [0.5, 0.6) is 5.75 Å².